The molecule has 0 atom stereocenters. The minimum atomic E-state index is -0.554. The molecule has 0 aliphatic rings. The Bertz CT molecular complexity index is 1120. The van der Waals surface area contributed by atoms with Crippen LogP contribution in [0.25, 0.3) is 17.4 Å². The molecule has 7 heteroatoms. The molecule has 28 heavy (non-hydrogen) atoms. The maximum Gasteiger partial charge on any atom is 0.270 e. The first-order valence-electron chi connectivity index (χ1n) is 8.31. The number of carbonyl (C=O) groups excluding carboxylic acids is 1. The van der Waals surface area contributed by atoms with E-state index in [0.717, 1.165) is 5.56 Å². The lowest BCUT2D eigenvalue weighted by Gasteiger charge is -2.04. The highest BCUT2D eigenvalue weighted by atomic mass is 16.6. The van der Waals surface area contributed by atoms with Crippen molar-refractivity contribution in [2.45, 2.75) is 6.92 Å². The lowest BCUT2D eigenvalue weighted by atomic mass is 10.1. The molecule has 0 bridgehead atoms. The molecule has 0 unspecified atom stereocenters. The lowest BCUT2D eigenvalue weighted by Crippen LogP contribution is -2.13. The molecule has 0 saturated heterocycles. The van der Waals surface area contributed by atoms with Gasteiger partial charge in [-0.25, -0.2) is 0 Å². The van der Waals surface area contributed by atoms with E-state index >= 15 is 0 Å². The Morgan fingerprint density at radius 1 is 1.18 bits per heavy atom. The molecule has 0 aliphatic heterocycles. The van der Waals surface area contributed by atoms with Crippen molar-refractivity contribution >= 4 is 23.4 Å². The van der Waals surface area contributed by atoms with Crippen molar-refractivity contribution in [3.8, 4) is 17.4 Å². The molecule has 1 amide bonds. The van der Waals surface area contributed by atoms with Gasteiger partial charge in [-0.2, -0.15) is 5.26 Å². The molecule has 0 aliphatic carbocycles. The first-order chi connectivity index (χ1) is 13.5. The number of benzene rings is 2. The summed E-state index contributed by atoms with van der Waals surface area (Å²) in [5, 5.41) is 22.9. The number of furan rings is 1. The lowest BCUT2D eigenvalue weighted by molar-refractivity contribution is -0.384. The molecule has 3 aromatic rings. The number of nitro benzene ring substituents is 1. The van der Waals surface area contributed by atoms with Gasteiger partial charge in [0, 0.05) is 29.5 Å². The predicted octanol–water partition coefficient (Wildman–Crippen LogP) is 4.71. The van der Waals surface area contributed by atoms with Gasteiger partial charge in [0.15, 0.2) is 0 Å². The number of non-ortho nitro benzene ring substituents is 1. The van der Waals surface area contributed by atoms with Crippen molar-refractivity contribution in [1.82, 2.24) is 0 Å². The standard InChI is InChI=1S/C21H15N3O4/c1-14-4-2-6-17(10-14)23-21(25)16(13-22)12-19-8-9-20(28-19)15-5-3-7-18(11-15)24(26)27/h2-12H,1H3,(H,23,25)/b16-12+. The maximum absolute atomic E-state index is 12.3. The number of nitriles is 1. The van der Waals surface area contributed by atoms with Gasteiger partial charge in [-0.15, -0.1) is 0 Å². The monoisotopic (exact) mass is 373 g/mol. The zero-order chi connectivity index (χ0) is 20.1. The Balaban J connectivity index is 1.82. The summed E-state index contributed by atoms with van der Waals surface area (Å²) in [6.07, 6.45) is 1.33. The summed E-state index contributed by atoms with van der Waals surface area (Å²) in [6, 6.07) is 18.3. The van der Waals surface area contributed by atoms with Gasteiger partial charge >= 0.3 is 0 Å². The molecular weight excluding hydrogens is 358 g/mol. The van der Waals surface area contributed by atoms with Crippen LogP contribution in [0.2, 0.25) is 0 Å². The van der Waals surface area contributed by atoms with E-state index in [1.807, 2.05) is 19.1 Å². The highest BCUT2D eigenvalue weighted by Gasteiger charge is 2.13. The van der Waals surface area contributed by atoms with E-state index in [9.17, 15) is 20.2 Å². The molecule has 7 nitrogen and oxygen atoms in total. The zero-order valence-electron chi connectivity index (χ0n) is 14.9. The van der Waals surface area contributed by atoms with Crippen LogP contribution in [-0.4, -0.2) is 10.8 Å². The number of nitro groups is 1. The minimum Gasteiger partial charge on any atom is -0.457 e. The molecule has 0 fully saturated rings. The summed E-state index contributed by atoms with van der Waals surface area (Å²) < 4.78 is 5.63. The molecule has 1 N–H and O–H groups in total. The molecule has 2 aromatic carbocycles. The SMILES string of the molecule is Cc1cccc(NC(=O)/C(C#N)=C/c2ccc(-c3cccc([N+](=O)[O-])c3)o2)c1. The van der Waals surface area contributed by atoms with Gasteiger partial charge in [-0.1, -0.05) is 24.3 Å². The highest BCUT2D eigenvalue weighted by Crippen LogP contribution is 2.26. The summed E-state index contributed by atoms with van der Waals surface area (Å²) in [5.41, 5.74) is 1.91. The Kier molecular flexibility index (Phi) is 5.33. The van der Waals surface area contributed by atoms with Crippen LogP contribution in [0.5, 0.6) is 0 Å². The van der Waals surface area contributed by atoms with Crippen LogP contribution in [0.3, 0.4) is 0 Å². The average molecular weight is 373 g/mol. The molecule has 1 aromatic heterocycles. The van der Waals surface area contributed by atoms with Crippen LogP contribution in [0.1, 0.15) is 11.3 Å². The van der Waals surface area contributed by atoms with Crippen molar-refractivity contribution < 1.29 is 14.1 Å². The number of rotatable bonds is 5. The maximum atomic E-state index is 12.3. The van der Waals surface area contributed by atoms with Crippen LogP contribution in [-0.2, 0) is 4.79 Å². The fourth-order valence-corrected chi connectivity index (χ4v) is 2.57. The number of aryl methyl sites for hydroxylation is 1. The van der Waals surface area contributed by atoms with Crippen molar-refractivity contribution in [1.29, 1.82) is 5.26 Å². The van der Waals surface area contributed by atoms with Crippen molar-refractivity contribution in [2.24, 2.45) is 0 Å². The highest BCUT2D eigenvalue weighted by molar-refractivity contribution is 6.09. The average Bonchev–Trinajstić information content (AvgIpc) is 3.15. The summed E-state index contributed by atoms with van der Waals surface area (Å²) in [7, 11) is 0. The number of nitrogens with one attached hydrogen (secondary N) is 1. The third-order valence-electron chi connectivity index (χ3n) is 3.90. The molecule has 0 radical (unpaired) electrons. The Labute approximate surface area is 160 Å². The van der Waals surface area contributed by atoms with Gasteiger partial charge in [0.1, 0.15) is 23.2 Å². The predicted molar refractivity (Wildman–Crippen MR) is 104 cm³/mol. The normalized spacial score (nSPS) is 10.9. The van der Waals surface area contributed by atoms with E-state index in [2.05, 4.69) is 5.32 Å². The van der Waals surface area contributed by atoms with Gasteiger partial charge in [-0.05, 0) is 36.8 Å². The first kappa shape index (κ1) is 18.6. The number of hydrogen-bond acceptors (Lipinski definition) is 5. The smallest absolute Gasteiger partial charge is 0.270 e. The van der Waals surface area contributed by atoms with E-state index in [1.54, 1.807) is 42.5 Å². The third-order valence-corrected chi connectivity index (χ3v) is 3.90. The van der Waals surface area contributed by atoms with Gasteiger partial charge in [0.2, 0.25) is 0 Å². The van der Waals surface area contributed by atoms with E-state index in [4.69, 9.17) is 4.42 Å². The minimum absolute atomic E-state index is 0.0544. The summed E-state index contributed by atoms with van der Waals surface area (Å²) in [6.45, 7) is 1.90. The van der Waals surface area contributed by atoms with Gasteiger partial charge in [0.05, 0.1) is 4.92 Å². The topological polar surface area (TPSA) is 109 Å². The number of nitrogens with zero attached hydrogens (tertiary/aromatic N) is 2. The summed E-state index contributed by atoms with van der Waals surface area (Å²) in [5.74, 6) is 0.130. The second-order valence-corrected chi connectivity index (χ2v) is 6.00. The molecule has 3 rings (SSSR count). The van der Waals surface area contributed by atoms with Gasteiger partial charge in [-0.3, -0.25) is 14.9 Å². The van der Waals surface area contributed by atoms with Gasteiger partial charge < -0.3 is 9.73 Å². The van der Waals surface area contributed by atoms with Crippen LogP contribution in [0.15, 0.2) is 70.7 Å². The second kappa shape index (κ2) is 8.01. The quantitative estimate of drug-likeness (QED) is 0.301. The van der Waals surface area contributed by atoms with Crippen LogP contribution >= 0.6 is 0 Å². The van der Waals surface area contributed by atoms with E-state index < -0.39 is 10.8 Å². The number of amides is 1. The van der Waals surface area contributed by atoms with Crippen LogP contribution in [0.4, 0.5) is 11.4 Å². The van der Waals surface area contributed by atoms with Crippen molar-refractivity contribution in [2.75, 3.05) is 5.32 Å². The van der Waals surface area contributed by atoms with E-state index in [-0.39, 0.29) is 17.0 Å². The van der Waals surface area contributed by atoms with Crippen molar-refractivity contribution in [3.05, 3.63) is 87.7 Å². The second-order valence-electron chi connectivity index (χ2n) is 6.00. The summed E-state index contributed by atoms with van der Waals surface area (Å²) >= 11 is 0. The van der Waals surface area contributed by atoms with Crippen LogP contribution < -0.4 is 5.32 Å². The number of anilines is 1. The Hall–Kier alpha value is -4.18. The number of carbonyl (C=O) groups is 1. The Morgan fingerprint density at radius 3 is 2.68 bits per heavy atom. The largest absolute Gasteiger partial charge is 0.457 e. The van der Waals surface area contributed by atoms with Crippen molar-refractivity contribution in [3.63, 3.8) is 0 Å². The molecule has 1 heterocycles. The molecular formula is C21H15N3O4. The Morgan fingerprint density at radius 2 is 1.96 bits per heavy atom. The number of hydrogen-bond donors (Lipinski definition) is 1. The fourth-order valence-electron chi connectivity index (χ4n) is 2.57. The third kappa shape index (κ3) is 4.31. The van der Waals surface area contributed by atoms with Gasteiger partial charge in [0.25, 0.3) is 11.6 Å². The molecule has 0 saturated carbocycles. The van der Waals surface area contributed by atoms with E-state index in [1.165, 1.54) is 18.2 Å². The fraction of sp³-hybridized carbons (Fsp3) is 0.0476. The molecule has 138 valence electrons. The van der Waals surface area contributed by atoms with Crippen LogP contribution in [0, 0.1) is 28.4 Å². The van der Waals surface area contributed by atoms with E-state index in [0.29, 0.717) is 17.0 Å². The zero-order valence-corrected chi connectivity index (χ0v) is 14.9. The first-order valence-corrected chi connectivity index (χ1v) is 8.31. The summed E-state index contributed by atoms with van der Waals surface area (Å²) in [4.78, 5) is 22.8. The molecule has 0 spiro atoms.